The largest absolute Gasteiger partial charge is 0.488 e. The molecule has 0 amide bonds. The lowest BCUT2D eigenvalue weighted by Gasteiger charge is -2.49. The Hall–Kier alpha value is -1.90. The van der Waals surface area contributed by atoms with Crippen LogP contribution >= 0.6 is 0 Å². The number of ketones is 1. The van der Waals surface area contributed by atoms with Gasteiger partial charge in [-0.15, -0.1) is 0 Å². The van der Waals surface area contributed by atoms with Crippen LogP contribution in [0.4, 0.5) is 0 Å². The van der Waals surface area contributed by atoms with E-state index in [2.05, 4.69) is 4.98 Å². The summed E-state index contributed by atoms with van der Waals surface area (Å²) in [7, 11) is 0. The van der Waals surface area contributed by atoms with Crippen LogP contribution in [0.15, 0.2) is 36.5 Å². The topological polar surface area (TPSA) is 39.2 Å². The number of rotatable bonds is 2. The zero-order valence-corrected chi connectivity index (χ0v) is 12.0. The molecule has 2 saturated carbocycles. The molecule has 0 bridgehead atoms. The van der Waals surface area contributed by atoms with Crippen molar-refractivity contribution in [3.8, 4) is 5.75 Å². The standard InChI is InChI=1S/C18H19NO2/c20-16-12-17(18(16)9-2-1-3-10-18)21-15-8-4-7-14-13(15)6-5-11-19-14/h4-8,11,17H,1-3,9-10,12H2. The maximum atomic E-state index is 12.2. The second-order valence-electron chi connectivity index (χ2n) is 6.28. The number of pyridine rings is 1. The van der Waals surface area contributed by atoms with Gasteiger partial charge in [-0.1, -0.05) is 25.3 Å². The van der Waals surface area contributed by atoms with Crippen LogP contribution in [-0.4, -0.2) is 16.9 Å². The fourth-order valence-corrected chi connectivity index (χ4v) is 3.88. The summed E-state index contributed by atoms with van der Waals surface area (Å²) in [5.41, 5.74) is 0.751. The molecule has 21 heavy (non-hydrogen) atoms. The van der Waals surface area contributed by atoms with Gasteiger partial charge in [-0.2, -0.15) is 0 Å². The van der Waals surface area contributed by atoms with Crippen molar-refractivity contribution in [2.45, 2.75) is 44.6 Å². The molecular formula is C18H19NO2. The maximum Gasteiger partial charge on any atom is 0.146 e. The third-order valence-electron chi connectivity index (χ3n) is 5.16. The van der Waals surface area contributed by atoms with Gasteiger partial charge < -0.3 is 4.74 Å². The number of aromatic nitrogens is 1. The van der Waals surface area contributed by atoms with E-state index in [9.17, 15) is 4.79 Å². The molecule has 2 aliphatic carbocycles. The number of ether oxygens (including phenoxy) is 1. The normalized spacial score (nSPS) is 24.0. The van der Waals surface area contributed by atoms with Gasteiger partial charge in [-0.25, -0.2) is 0 Å². The number of benzene rings is 1. The molecular weight excluding hydrogens is 262 g/mol. The van der Waals surface area contributed by atoms with E-state index in [-0.39, 0.29) is 11.5 Å². The van der Waals surface area contributed by atoms with Gasteiger partial charge in [-0.05, 0) is 37.1 Å². The first-order valence-corrected chi connectivity index (χ1v) is 7.83. The summed E-state index contributed by atoms with van der Waals surface area (Å²) in [5.74, 6) is 1.27. The summed E-state index contributed by atoms with van der Waals surface area (Å²) in [6, 6.07) is 9.91. The lowest BCUT2D eigenvalue weighted by atomic mass is 9.57. The minimum absolute atomic E-state index is 0.0520. The fourth-order valence-electron chi connectivity index (χ4n) is 3.88. The molecule has 3 heteroatoms. The lowest BCUT2D eigenvalue weighted by molar-refractivity contribution is -0.156. The zero-order valence-electron chi connectivity index (χ0n) is 12.0. The highest BCUT2D eigenvalue weighted by molar-refractivity contribution is 5.93. The quantitative estimate of drug-likeness (QED) is 0.838. The van der Waals surface area contributed by atoms with Crippen molar-refractivity contribution in [2.24, 2.45) is 5.41 Å². The number of carbonyl (C=O) groups excluding carboxylic acids is 1. The molecule has 3 nitrogen and oxygen atoms in total. The first kappa shape index (κ1) is 12.8. The Balaban J connectivity index is 1.64. The summed E-state index contributed by atoms with van der Waals surface area (Å²) in [4.78, 5) is 16.5. The van der Waals surface area contributed by atoms with Crippen LogP contribution in [0.5, 0.6) is 5.75 Å². The van der Waals surface area contributed by atoms with E-state index >= 15 is 0 Å². The Morgan fingerprint density at radius 3 is 2.76 bits per heavy atom. The van der Waals surface area contributed by atoms with Gasteiger partial charge in [0.25, 0.3) is 0 Å². The number of nitrogens with zero attached hydrogens (tertiary/aromatic N) is 1. The number of hydrogen-bond acceptors (Lipinski definition) is 3. The van der Waals surface area contributed by atoms with Crippen molar-refractivity contribution in [3.05, 3.63) is 36.5 Å². The van der Waals surface area contributed by atoms with E-state index in [0.717, 1.165) is 42.3 Å². The molecule has 2 fully saturated rings. The van der Waals surface area contributed by atoms with Crippen molar-refractivity contribution in [2.75, 3.05) is 0 Å². The minimum Gasteiger partial charge on any atom is -0.488 e. The molecule has 0 N–H and O–H groups in total. The Morgan fingerprint density at radius 2 is 1.95 bits per heavy atom. The fraction of sp³-hybridized carbons (Fsp3) is 0.444. The molecule has 0 saturated heterocycles. The molecule has 1 unspecified atom stereocenters. The van der Waals surface area contributed by atoms with Crippen LogP contribution in [0.2, 0.25) is 0 Å². The van der Waals surface area contributed by atoms with Crippen LogP contribution in [0, 0.1) is 5.41 Å². The molecule has 2 aromatic rings. The summed E-state index contributed by atoms with van der Waals surface area (Å²) in [6.07, 6.45) is 7.97. The molecule has 108 valence electrons. The van der Waals surface area contributed by atoms with Gasteiger partial charge in [0.1, 0.15) is 17.6 Å². The second kappa shape index (κ2) is 4.83. The highest BCUT2D eigenvalue weighted by Crippen LogP contribution is 2.50. The van der Waals surface area contributed by atoms with Gasteiger partial charge in [0.05, 0.1) is 10.9 Å². The second-order valence-corrected chi connectivity index (χ2v) is 6.28. The number of Topliss-reactive ketones (excluding diaryl/α,β-unsaturated/α-hetero) is 1. The molecule has 1 atom stereocenters. The van der Waals surface area contributed by atoms with E-state index in [1.165, 1.54) is 6.42 Å². The zero-order chi connectivity index (χ0) is 14.3. The average Bonchev–Trinajstić information content (AvgIpc) is 2.55. The van der Waals surface area contributed by atoms with Gasteiger partial charge >= 0.3 is 0 Å². The van der Waals surface area contributed by atoms with Crippen LogP contribution in [0.3, 0.4) is 0 Å². The molecule has 4 rings (SSSR count). The summed E-state index contributed by atoms with van der Waals surface area (Å²) in [5, 5.41) is 1.03. The van der Waals surface area contributed by atoms with Gasteiger partial charge in [0, 0.05) is 18.0 Å². The molecule has 1 spiro atoms. The molecule has 1 aromatic carbocycles. The van der Waals surface area contributed by atoms with Crippen LogP contribution < -0.4 is 4.74 Å². The Kier molecular flexibility index (Phi) is 2.95. The number of hydrogen-bond donors (Lipinski definition) is 0. The van der Waals surface area contributed by atoms with Crippen molar-refractivity contribution < 1.29 is 9.53 Å². The first-order chi connectivity index (χ1) is 10.3. The predicted molar refractivity (Wildman–Crippen MR) is 81.3 cm³/mol. The Bertz CT molecular complexity index is 683. The molecule has 1 heterocycles. The van der Waals surface area contributed by atoms with Gasteiger partial charge in [0.2, 0.25) is 0 Å². The molecule has 0 radical (unpaired) electrons. The SMILES string of the molecule is O=C1CC(Oc2cccc3ncccc23)C12CCCCC2. The average molecular weight is 281 g/mol. The third kappa shape index (κ3) is 1.95. The van der Waals surface area contributed by atoms with E-state index < -0.39 is 0 Å². The minimum atomic E-state index is -0.192. The predicted octanol–water partition coefficient (Wildman–Crippen LogP) is 3.91. The first-order valence-electron chi connectivity index (χ1n) is 7.83. The summed E-state index contributed by atoms with van der Waals surface area (Å²) < 4.78 is 6.27. The van der Waals surface area contributed by atoms with Crippen molar-refractivity contribution in [1.29, 1.82) is 0 Å². The smallest absolute Gasteiger partial charge is 0.146 e. The Labute approximate surface area is 124 Å². The van der Waals surface area contributed by atoms with Crippen molar-refractivity contribution >= 4 is 16.7 Å². The Morgan fingerprint density at radius 1 is 1.10 bits per heavy atom. The van der Waals surface area contributed by atoms with Crippen molar-refractivity contribution in [3.63, 3.8) is 0 Å². The van der Waals surface area contributed by atoms with E-state index in [1.54, 1.807) is 6.20 Å². The number of fused-ring (bicyclic) bond motifs is 1. The van der Waals surface area contributed by atoms with Crippen molar-refractivity contribution in [1.82, 2.24) is 4.98 Å². The van der Waals surface area contributed by atoms with Gasteiger partial charge in [-0.3, -0.25) is 9.78 Å². The monoisotopic (exact) mass is 281 g/mol. The molecule has 1 aromatic heterocycles. The van der Waals surface area contributed by atoms with E-state index in [4.69, 9.17) is 4.74 Å². The van der Waals surface area contributed by atoms with Crippen LogP contribution in [0.1, 0.15) is 38.5 Å². The van der Waals surface area contributed by atoms with Gasteiger partial charge in [0.15, 0.2) is 0 Å². The maximum absolute atomic E-state index is 12.2. The number of carbonyl (C=O) groups is 1. The van der Waals surface area contributed by atoms with Crippen LogP contribution in [-0.2, 0) is 4.79 Å². The highest BCUT2D eigenvalue weighted by Gasteiger charge is 2.56. The van der Waals surface area contributed by atoms with E-state index in [0.29, 0.717) is 12.2 Å². The third-order valence-corrected chi connectivity index (χ3v) is 5.16. The lowest BCUT2D eigenvalue weighted by Crippen LogP contribution is -2.57. The molecule has 0 aliphatic heterocycles. The molecule has 2 aliphatic rings. The van der Waals surface area contributed by atoms with Crippen LogP contribution in [0.25, 0.3) is 10.9 Å². The summed E-state index contributed by atoms with van der Waals surface area (Å²) in [6.45, 7) is 0. The van der Waals surface area contributed by atoms with E-state index in [1.807, 2.05) is 30.3 Å². The highest BCUT2D eigenvalue weighted by atomic mass is 16.5. The summed E-state index contributed by atoms with van der Waals surface area (Å²) >= 11 is 0.